The van der Waals surface area contributed by atoms with Crippen molar-refractivity contribution in [1.82, 2.24) is 25.6 Å². The fraction of sp³-hybridized carbons (Fsp3) is 0.577. The van der Waals surface area contributed by atoms with Gasteiger partial charge in [0, 0.05) is 43.5 Å². The zero-order valence-electron chi connectivity index (χ0n) is 23.9. The zero-order valence-corrected chi connectivity index (χ0v) is 23.9. The molecule has 0 bridgehead atoms. The number of anilines is 4. The number of carboxylic acids is 1. The van der Waals surface area contributed by atoms with Gasteiger partial charge in [-0.2, -0.15) is 28.1 Å². The Morgan fingerprint density at radius 3 is 2.30 bits per heavy atom. The van der Waals surface area contributed by atoms with Crippen LogP contribution in [0.3, 0.4) is 0 Å². The van der Waals surface area contributed by atoms with Crippen LogP contribution in [0.1, 0.15) is 57.0 Å². The van der Waals surface area contributed by atoms with Crippen LogP contribution in [-0.4, -0.2) is 76.9 Å². The van der Waals surface area contributed by atoms with Gasteiger partial charge < -0.3 is 31.3 Å². The standard InChI is InChI=1S/C24H38N8O.C2HF3O2/c1-15(2)26-20(33)17-9-8-16(3)19(12-17)28-22-29-21(27-18-10-11-25-13-18)30-23(31-22)32(7)14-24(4,5)6;3-2(4,5)1(6)7/h8-9,12,15,18,25H,10-11,13-14H2,1-7H3,(H,26,33)(H2,27,28,29,30,31);(H,6,7)/t18-;/m1./s1. The van der Waals surface area contributed by atoms with E-state index < -0.39 is 12.1 Å². The van der Waals surface area contributed by atoms with Crippen molar-refractivity contribution in [3.8, 4) is 0 Å². The van der Waals surface area contributed by atoms with Crippen LogP contribution < -0.4 is 26.2 Å². The summed E-state index contributed by atoms with van der Waals surface area (Å²) in [6.45, 7) is 15.1. The third-order valence-corrected chi connectivity index (χ3v) is 5.48. The first-order chi connectivity index (χ1) is 18.4. The first-order valence-corrected chi connectivity index (χ1v) is 12.9. The van der Waals surface area contributed by atoms with Crippen molar-refractivity contribution in [2.45, 2.75) is 66.2 Å². The molecule has 0 unspecified atom stereocenters. The molecule has 0 saturated carbocycles. The van der Waals surface area contributed by atoms with E-state index in [2.05, 4.69) is 57.0 Å². The van der Waals surface area contributed by atoms with Crippen LogP contribution >= 0.6 is 0 Å². The number of carboxylic acid groups (broad SMARTS) is 1. The summed E-state index contributed by atoms with van der Waals surface area (Å²) in [5.41, 5.74) is 2.46. The lowest BCUT2D eigenvalue weighted by Crippen LogP contribution is -2.31. The number of hydrogen-bond acceptors (Lipinski definition) is 9. The van der Waals surface area contributed by atoms with E-state index >= 15 is 0 Å². The predicted molar refractivity (Wildman–Crippen MR) is 148 cm³/mol. The minimum Gasteiger partial charge on any atom is -0.475 e. The molecular weight excluding hydrogens is 529 g/mol. The summed E-state index contributed by atoms with van der Waals surface area (Å²) in [5.74, 6) is -1.28. The topological polar surface area (TPSA) is 144 Å². The highest BCUT2D eigenvalue weighted by molar-refractivity contribution is 5.95. The van der Waals surface area contributed by atoms with Crippen molar-refractivity contribution in [2.24, 2.45) is 5.41 Å². The van der Waals surface area contributed by atoms with Gasteiger partial charge >= 0.3 is 12.1 Å². The van der Waals surface area contributed by atoms with E-state index in [1.807, 2.05) is 50.9 Å². The van der Waals surface area contributed by atoms with Crippen molar-refractivity contribution < 1.29 is 27.9 Å². The van der Waals surface area contributed by atoms with E-state index in [0.717, 1.165) is 37.3 Å². The van der Waals surface area contributed by atoms with Crippen molar-refractivity contribution in [3.05, 3.63) is 29.3 Å². The largest absolute Gasteiger partial charge is 0.490 e. The van der Waals surface area contributed by atoms with Crippen LogP contribution in [0.25, 0.3) is 0 Å². The molecule has 1 aliphatic heterocycles. The van der Waals surface area contributed by atoms with E-state index in [4.69, 9.17) is 9.90 Å². The normalized spacial score (nSPS) is 15.2. The molecule has 3 rings (SSSR count). The van der Waals surface area contributed by atoms with E-state index in [0.29, 0.717) is 23.4 Å². The van der Waals surface area contributed by atoms with Crippen molar-refractivity contribution in [2.75, 3.05) is 42.2 Å². The molecule has 1 aromatic heterocycles. The quantitative estimate of drug-likeness (QED) is 0.317. The summed E-state index contributed by atoms with van der Waals surface area (Å²) in [5, 5.41) is 20.2. The van der Waals surface area contributed by atoms with E-state index in [-0.39, 0.29) is 23.4 Å². The summed E-state index contributed by atoms with van der Waals surface area (Å²) < 4.78 is 31.7. The Balaban J connectivity index is 0.000000708. The number of aromatic nitrogens is 3. The fourth-order valence-corrected chi connectivity index (χ4v) is 3.76. The lowest BCUT2D eigenvalue weighted by Gasteiger charge is -2.27. The van der Waals surface area contributed by atoms with E-state index in [9.17, 15) is 18.0 Å². The lowest BCUT2D eigenvalue weighted by molar-refractivity contribution is -0.192. The summed E-state index contributed by atoms with van der Waals surface area (Å²) >= 11 is 0. The maximum atomic E-state index is 12.5. The SMILES string of the molecule is Cc1ccc(C(=O)NC(C)C)cc1Nc1nc(N[C@@H]2CCNC2)nc(N(C)CC(C)(C)C)n1.O=C(O)C(F)(F)F. The second kappa shape index (κ2) is 13.6. The molecule has 11 nitrogen and oxygen atoms in total. The Bertz CT molecular complexity index is 1160. The van der Waals surface area contributed by atoms with Crippen LogP contribution in [0.5, 0.6) is 0 Å². The number of nitrogens with one attached hydrogen (secondary N) is 4. The second-order valence-corrected chi connectivity index (χ2v) is 11.1. The molecule has 40 heavy (non-hydrogen) atoms. The molecule has 2 aromatic rings. The first kappa shape index (κ1) is 32.5. The average Bonchev–Trinajstić information content (AvgIpc) is 3.31. The number of amides is 1. The highest BCUT2D eigenvalue weighted by Crippen LogP contribution is 2.24. The van der Waals surface area contributed by atoms with E-state index in [1.165, 1.54) is 0 Å². The summed E-state index contributed by atoms with van der Waals surface area (Å²) in [7, 11) is 1.99. The Morgan fingerprint density at radius 1 is 1.15 bits per heavy atom. The van der Waals surface area contributed by atoms with Crippen molar-refractivity contribution >= 4 is 35.4 Å². The van der Waals surface area contributed by atoms with Crippen LogP contribution in [0.15, 0.2) is 18.2 Å². The highest BCUT2D eigenvalue weighted by atomic mass is 19.4. The molecule has 1 aromatic carbocycles. The minimum absolute atomic E-state index is 0.0679. The number of alkyl halides is 3. The number of carbonyl (C=O) groups is 2. The Morgan fingerprint density at radius 2 is 1.77 bits per heavy atom. The third kappa shape index (κ3) is 10.8. The number of nitrogens with zero attached hydrogens (tertiary/aromatic N) is 4. The number of halogens is 3. The number of carbonyl (C=O) groups excluding carboxylic acids is 1. The monoisotopic (exact) mass is 568 g/mol. The number of benzene rings is 1. The highest BCUT2D eigenvalue weighted by Gasteiger charge is 2.38. The predicted octanol–water partition coefficient (Wildman–Crippen LogP) is 3.95. The number of aliphatic carboxylic acids is 1. The van der Waals surface area contributed by atoms with Gasteiger partial charge in [-0.15, -0.1) is 0 Å². The molecule has 0 radical (unpaired) electrons. The molecule has 1 fully saturated rings. The van der Waals surface area contributed by atoms with Crippen LogP contribution in [0.2, 0.25) is 0 Å². The molecule has 14 heteroatoms. The van der Waals surface area contributed by atoms with Gasteiger partial charge in [-0.25, -0.2) is 4.79 Å². The molecule has 1 atom stereocenters. The maximum absolute atomic E-state index is 12.5. The van der Waals surface area contributed by atoms with Gasteiger partial charge in [0.2, 0.25) is 17.8 Å². The Hall–Kier alpha value is -3.68. The first-order valence-electron chi connectivity index (χ1n) is 12.9. The molecule has 1 saturated heterocycles. The van der Waals surface area contributed by atoms with Crippen molar-refractivity contribution in [3.63, 3.8) is 0 Å². The van der Waals surface area contributed by atoms with Gasteiger partial charge in [-0.3, -0.25) is 4.79 Å². The maximum Gasteiger partial charge on any atom is 0.490 e. The van der Waals surface area contributed by atoms with Gasteiger partial charge in [0.1, 0.15) is 0 Å². The van der Waals surface area contributed by atoms with Gasteiger partial charge in [0.15, 0.2) is 0 Å². The molecule has 1 amide bonds. The molecule has 5 N–H and O–H groups in total. The lowest BCUT2D eigenvalue weighted by atomic mass is 9.96. The smallest absolute Gasteiger partial charge is 0.475 e. The Labute approximate surface area is 232 Å². The summed E-state index contributed by atoms with van der Waals surface area (Å²) in [4.78, 5) is 37.4. The van der Waals surface area contributed by atoms with Crippen LogP contribution in [0.4, 0.5) is 36.7 Å². The fourth-order valence-electron chi connectivity index (χ4n) is 3.76. The van der Waals surface area contributed by atoms with Gasteiger partial charge in [0.25, 0.3) is 5.91 Å². The number of rotatable bonds is 8. The number of aryl methyl sites for hydroxylation is 1. The molecule has 2 heterocycles. The average molecular weight is 569 g/mol. The van der Waals surface area contributed by atoms with Gasteiger partial charge in [-0.1, -0.05) is 26.8 Å². The van der Waals surface area contributed by atoms with Crippen LogP contribution in [0, 0.1) is 12.3 Å². The molecule has 0 spiro atoms. The van der Waals surface area contributed by atoms with E-state index in [1.54, 1.807) is 0 Å². The Kier molecular flexibility index (Phi) is 11.1. The number of hydrogen-bond donors (Lipinski definition) is 5. The third-order valence-electron chi connectivity index (χ3n) is 5.48. The molecule has 0 aliphatic carbocycles. The second-order valence-electron chi connectivity index (χ2n) is 11.1. The molecule has 222 valence electrons. The molecular formula is C26H39F3N8O3. The van der Waals surface area contributed by atoms with Gasteiger partial charge in [-0.05, 0) is 56.8 Å². The van der Waals surface area contributed by atoms with Gasteiger partial charge in [0.05, 0.1) is 0 Å². The minimum atomic E-state index is -5.08. The van der Waals surface area contributed by atoms with Crippen LogP contribution in [-0.2, 0) is 4.79 Å². The van der Waals surface area contributed by atoms with Crippen molar-refractivity contribution in [1.29, 1.82) is 0 Å². The summed E-state index contributed by atoms with van der Waals surface area (Å²) in [6.07, 6.45) is -4.06. The zero-order chi connectivity index (χ0) is 30.3. The molecule has 1 aliphatic rings. The summed E-state index contributed by atoms with van der Waals surface area (Å²) in [6, 6.07) is 5.94.